The predicted octanol–water partition coefficient (Wildman–Crippen LogP) is 2.02. The highest BCUT2D eigenvalue weighted by Gasteiger charge is 2.11. The van der Waals surface area contributed by atoms with Gasteiger partial charge in [-0.15, -0.1) is 0 Å². The van der Waals surface area contributed by atoms with Crippen molar-refractivity contribution in [3.8, 4) is 5.75 Å². The van der Waals surface area contributed by atoms with Gasteiger partial charge < -0.3 is 19.4 Å². The molecular formula is C15H18N2O4. The third-order valence-corrected chi connectivity index (χ3v) is 3.21. The number of H-pyrrole nitrogens is 1. The third kappa shape index (κ3) is 3.34. The molecule has 0 spiro atoms. The van der Waals surface area contributed by atoms with Crippen molar-refractivity contribution in [2.45, 2.75) is 26.8 Å². The Labute approximate surface area is 122 Å². The molecule has 0 radical (unpaired) electrons. The van der Waals surface area contributed by atoms with E-state index in [-0.39, 0.29) is 11.0 Å². The first kappa shape index (κ1) is 14.9. The fourth-order valence-corrected chi connectivity index (χ4v) is 2.05. The highest BCUT2D eigenvalue weighted by Crippen LogP contribution is 2.12. The number of hydrogen-bond acceptors (Lipinski definition) is 3. The number of pyridine rings is 1. The number of nitrogens with one attached hydrogen (secondary N) is 1. The van der Waals surface area contributed by atoms with Gasteiger partial charge in [-0.3, -0.25) is 4.79 Å². The maximum absolute atomic E-state index is 11.9. The first-order chi connectivity index (χ1) is 10.0. The summed E-state index contributed by atoms with van der Waals surface area (Å²) in [5.74, 6) is -0.654. The minimum Gasteiger partial charge on any atom is -0.488 e. The van der Waals surface area contributed by atoms with E-state index in [4.69, 9.17) is 9.84 Å². The molecule has 6 heteroatoms. The number of aromatic carboxylic acids is 1. The Morgan fingerprint density at radius 1 is 1.48 bits per heavy atom. The van der Waals surface area contributed by atoms with Crippen LogP contribution in [0.25, 0.3) is 0 Å². The number of carbonyl (C=O) groups is 1. The lowest BCUT2D eigenvalue weighted by Crippen LogP contribution is -2.12. The fourth-order valence-electron chi connectivity index (χ4n) is 2.05. The Morgan fingerprint density at radius 3 is 2.81 bits per heavy atom. The van der Waals surface area contributed by atoms with Crippen molar-refractivity contribution in [2.24, 2.45) is 0 Å². The molecule has 0 aliphatic carbocycles. The summed E-state index contributed by atoms with van der Waals surface area (Å²) in [6.45, 7) is 4.61. The molecule has 112 valence electrons. The summed E-state index contributed by atoms with van der Waals surface area (Å²) >= 11 is 0. The van der Waals surface area contributed by atoms with Crippen LogP contribution >= 0.6 is 0 Å². The number of aromatic nitrogens is 2. The minimum absolute atomic E-state index is 0.180. The monoisotopic (exact) mass is 290 g/mol. The lowest BCUT2D eigenvalue weighted by Gasteiger charge is -2.08. The van der Waals surface area contributed by atoms with E-state index >= 15 is 0 Å². The molecule has 2 aromatic heterocycles. The van der Waals surface area contributed by atoms with Gasteiger partial charge in [0, 0.05) is 29.8 Å². The van der Waals surface area contributed by atoms with Crippen LogP contribution in [0.3, 0.4) is 0 Å². The average molecular weight is 290 g/mol. The molecule has 2 heterocycles. The number of hydrogen-bond donors (Lipinski definition) is 2. The number of rotatable bonds is 6. The van der Waals surface area contributed by atoms with Crippen molar-refractivity contribution in [1.29, 1.82) is 0 Å². The van der Waals surface area contributed by atoms with Crippen LogP contribution in [-0.2, 0) is 6.54 Å². The molecule has 2 N–H and O–H groups in total. The van der Waals surface area contributed by atoms with Crippen molar-refractivity contribution >= 4 is 5.97 Å². The molecule has 0 amide bonds. The number of aromatic amines is 1. The fraction of sp³-hybridized carbons (Fsp3) is 0.333. The summed E-state index contributed by atoms with van der Waals surface area (Å²) in [7, 11) is 0. The average Bonchev–Trinajstić information content (AvgIpc) is 2.79. The van der Waals surface area contributed by atoms with E-state index in [9.17, 15) is 9.59 Å². The minimum atomic E-state index is -0.956. The molecule has 2 rings (SSSR count). The lowest BCUT2D eigenvalue weighted by atomic mass is 10.2. The van der Waals surface area contributed by atoms with Gasteiger partial charge in [-0.05, 0) is 19.4 Å². The molecule has 6 nitrogen and oxygen atoms in total. The van der Waals surface area contributed by atoms with Crippen LogP contribution in [0, 0.1) is 6.92 Å². The molecule has 0 saturated carbocycles. The third-order valence-electron chi connectivity index (χ3n) is 3.21. The standard InChI is InChI=1S/C15H18N2O4/c1-3-6-21-14-8-16-11(7-13(14)18)9-17-5-4-12(10(17)2)15(19)20/h4-5,7-8H,3,6,9H2,1-2H3,(H,16,18)(H,19,20). The zero-order valence-electron chi connectivity index (χ0n) is 12.0. The van der Waals surface area contributed by atoms with Crippen molar-refractivity contribution in [3.05, 3.63) is 51.7 Å². The van der Waals surface area contributed by atoms with Crippen LogP contribution in [0.1, 0.15) is 35.1 Å². The quantitative estimate of drug-likeness (QED) is 0.852. The van der Waals surface area contributed by atoms with Crippen LogP contribution in [0.4, 0.5) is 0 Å². The zero-order chi connectivity index (χ0) is 15.4. The van der Waals surface area contributed by atoms with Crippen LogP contribution in [0.15, 0.2) is 29.3 Å². The topological polar surface area (TPSA) is 84.3 Å². The maximum Gasteiger partial charge on any atom is 0.337 e. The summed E-state index contributed by atoms with van der Waals surface area (Å²) in [6.07, 6.45) is 4.07. The predicted molar refractivity (Wildman–Crippen MR) is 78.1 cm³/mol. The van der Waals surface area contributed by atoms with Crippen molar-refractivity contribution in [2.75, 3.05) is 6.61 Å². The summed E-state index contributed by atoms with van der Waals surface area (Å²) in [5.41, 5.74) is 1.43. The van der Waals surface area contributed by atoms with Gasteiger partial charge in [-0.1, -0.05) is 6.92 Å². The number of carboxylic acid groups (broad SMARTS) is 1. The van der Waals surface area contributed by atoms with E-state index in [0.29, 0.717) is 30.3 Å². The van der Waals surface area contributed by atoms with Gasteiger partial charge in [0.05, 0.1) is 18.7 Å². The molecule has 2 aromatic rings. The molecule has 0 saturated heterocycles. The highest BCUT2D eigenvalue weighted by molar-refractivity contribution is 5.88. The van der Waals surface area contributed by atoms with E-state index < -0.39 is 5.97 Å². The van der Waals surface area contributed by atoms with Crippen molar-refractivity contribution in [3.63, 3.8) is 0 Å². The molecule has 0 fully saturated rings. The molecule has 0 unspecified atom stereocenters. The molecule has 0 atom stereocenters. The van der Waals surface area contributed by atoms with Crippen LogP contribution in [0.5, 0.6) is 5.75 Å². The second-order valence-electron chi connectivity index (χ2n) is 4.78. The maximum atomic E-state index is 11.9. The van der Waals surface area contributed by atoms with Gasteiger partial charge in [0.25, 0.3) is 0 Å². The lowest BCUT2D eigenvalue weighted by molar-refractivity contribution is 0.0696. The van der Waals surface area contributed by atoms with E-state index in [1.54, 1.807) is 30.0 Å². The van der Waals surface area contributed by atoms with E-state index in [0.717, 1.165) is 6.42 Å². The second-order valence-corrected chi connectivity index (χ2v) is 4.78. The van der Waals surface area contributed by atoms with Crippen LogP contribution < -0.4 is 10.2 Å². The summed E-state index contributed by atoms with van der Waals surface area (Å²) in [5, 5.41) is 9.02. The molecule has 0 aliphatic heterocycles. The van der Waals surface area contributed by atoms with E-state index in [1.807, 2.05) is 6.92 Å². The second kappa shape index (κ2) is 6.30. The van der Waals surface area contributed by atoms with E-state index in [1.165, 1.54) is 6.07 Å². The Hall–Kier alpha value is -2.50. The van der Waals surface area contributed by atoms with Gasteiger partial charge in [-0.2, -0.15) is 0 Å². The first-order valence-electron chi connectivity index (χ1n) is 6.76. The molecular weight excluding hydrogens is 272 g/mol. The summed E-state index contributed by atoms with van der Waals surface area (Å²) in [6, 6.07) is 3.03. The Morgan fingerprint density at radius 2 is 2.24 bits per heavy atom. The summed E-state index contributed by atoms with van der Waals surface area (Å²) < 4.78 is 7.10. The van der Waals surface area contributed by atoms with E-state index in [2.05, 4.69) is 4.98 Å². The van der Waals surface area contributed by atoms with Gasteiger partial charge in [0.15, 0.2) is 5.75 Å². The van der Waals surface area contributed by atoms with Gasteiger partial charge >= 0.3 is 5.97 Å². The zero-order valence-corrected chi connectivity index (χ0v) is 12.0. The summed E-state index contributed by atoms with van der Waals surface area (Å²) in [4.78, 5) is 25.9. The molecule has 0 aromatic carbocycles. The highest BCUT2D eigenvalue weighted by atomic mass is 16.5. The number of nitrogens with zero attached hydrogens (tertiary/aromatic N) is 1. The number of ether oxygens (including phenoxy) is 1. The van der Waals surface area contributed by atoms with Gasteiger partial charge in [0.1, 0.15) is 0 Å². The van der Waals surface area contributed by atoms with Crippen molar-refractivity contribution in [1.82, 2.24) is 9.55 Å². The Kier molecular flexibility index (Phi) is 4.47. The molecule has 0 bridgehead atoms. The van der Waals surface area contributed by atoms with Gasteiger partial charge in [0.2, 0.25) is 5.43 Å². The first-order valence-corrected chi connectivity index (χ1v) is 6.76. The van der Waals surface area contributed by atoms with Crippen molar-refractivity contribution < 1.29 is 14.6 Å². The smallest absolute Gasteiger partial charge is 0.337 e. The normalized spacial score (nSPS) is 10.6. The Balaban J connectivity index is 2.19. The molecule has 0 aliphatic rings. The number of carboxylic acids is 1. The SMILES string of the molecule is CCCOc1c[nH]c(Cn2ccc(C(=O)O)c2C)cc1=O. The van der Waals surface area contributed by atoms with Crippen LogP contribution in [0.2, 0.25) is 0 Å². The molecule has 21 heavy (non-hydrogen) atoms. The largest absolute Gasteiger partial charge is 0.488 e. The Bertz CT molecular complexity index is 700. The van der Waals surface area contributed by atoms with Gasteiger partial charge in [-0.25, -0.2) is 4.79 Å². The van der Waals surface area contributed by atoms with Crippen LogP contribution in [-0.4, -0.2) is 27.2 Å².